The van der Waals surface area contributed by atoms with Gasteiger partial charge in [-0.15, -0.1) is 0 Å². The molecule has 4 nitrogen and oxygen atoms in total. The Labute approximate surface area is 93.4 Å². The highest BCUT2D eigenvalue weighted by Crippen LogP contribution is 2.19. The van der Waals surface area contributed by atoms with Crippen molar-refractivity contribution < 1.29 is 18.7 Å². The van der Waals surface area contributed by atoms with Gasteiger partial charge in [-0.1, -0.05) is 0 Å². The predicted molar refractivity (Wildman–Crippen MR) is 57.1 cm³/mol. The van der Waals surface area contributed by atoms with E-state index in [9.17, 15) is 9.18 Å². The van der Waals surface area contributed by atoms with Gasteiger partial charge in [0.25, 0.3) is 0 Å². The summed E-state index contributed by atoms with van der Waals surface area (Å²) in [5.41, 5.74) is 0.707. The van der Waals surface area contributed by atoms with Crippen molar-refractivity contribution in [3.8, 4) is 5.75 Å². The number of amides is 1. The third kappa shape index (κ3) is 3.42. The molecule has 0 aliphatic rings. The van der Waals surface area contributed by atoms with Crippen molar-refractivity contribution in [1.29, 1.82) is 0 Å². The Morgan fingerprint density at radius 1 is 1.44 bits per heavy atom. The van der Waals surface area contributed by atoms with Gasteiger partial charge in [0.2, 0.25) is 0 Å². The second-order valence-electron chi connectivity index (χ2n) is 3.12. The first-order valence-electron chi connectivity index (χ1n) is 4.81. The normalized spacial score (nSPS) is 9.69. The van der Waals surface area contributed by atoms with E-state index in [1.165, 1.54) is 26.4 Å². The fourth-order valence-corrected chi connectivity index (χ4v) is 1.31. The van der Waals surface area contributed by atoms with Crippen LogP contribution in [0, 0.1) is 5.82 Å². The number of carbonyl (C=O) groups excluding carboxylic acids is 1. The molecule has 5 heteroatoms. The van der Waals surface area contributed by atoms with Crippen molar-refractivity contribution in [2.45, 2.75) is 6.42 Å². The Morgan fingerprint density at radius 2 is 2.19 bits per heavy atom. The highest BCUT2D eigenvalue weighted by Gasteiger charge is 2.05. The first-order valence-corrected chi connectivity index (χ1v) is 4.81. The molecule has 0 atom stereocenters. The van der Waals surface area contributed by atoms with Gasteiger partial charge in [-0.3, -0.25) is 0 Å². The van der Waals surface area contributed by atoms with Crippen LogP contribution in [0.15, 0.2) is 18.2 Å². The maximum Gasteiger partial charge on any atom is 0.406 e. The monoisotopic (exact) mass is 227 g/mol. The van der Waals surface area contributed by atoms with E-state index < -0.39 is 6.09 Å². The second kappa shape index (κ2) is 5.95. The van der Waals surface area contributed by atoms with Gasteiger partial charge >= 0.3 is 6.09 Å². The second-order valence-corrected chi connectivity index (χ2v) is 3.12. The minimum atomic E-state index is -0.504. The number of rotatable bonds is 4. The van der Waals surface area contributed by atoms with E-state index in [1.807, 2.05) is 0 Å². The molecule has 0 radical (unpaired) electrons. The Kier molecular flexibility index (Phi) is 4.57. The summed E-state index contributed by atoms with van der Waals surface area (Å²) in [6, 6.07) is 4.27. The number of nitrogens with one attached hydrogen (secondary N) is 1. The van der Waals surface area contributed by atoms with Gasteiger partial charge in [-0.25, -0.2) is 9.18 Å². The first-order chi connectivity index (χ1) is 7.67. The van der Waals surface area contributed by atoms with E-state index in [0.717, 1.165) is 0 Å². The van der Waals surface area contributed by atoms with Crippen molar-refractivity contribution in [2.24, 2.45) is 0 Å². The van der Waals surface area contributed by atoms with Gasteiger partial charge < -0.3 is 14.8 Å². The van der Waals surface area contributed by atoms with Gasteiger partial charge in [-0.2, -0.15) is 0 Å². The Bertz CT molecular complexity index is 368. The molecule has 16 heavy (non-hydrogen) atoms. The molecule has 0 bridgehead atoms. The molecule has 0 aliphatic heterocycles. The molecular weight excluding hydrogens is 213 g/mol. The molecule has 88 valence electrons. The SMILES string of the molecule is COC(=O)NCCc1cc(F)ccc1OC. The van der Waals surface area contributed by atoms with Gasteiger partial charge in [0, 0.05) is 6.54 Å². The summed E-state index contributed by atoms with van der Waals surface area (Å²) < 4.78 is 22.5. The average molecular weight is 227 g/mol. The number of alkyl carbamates (subject to hydrolysis) is 1. The standard InChI is InChI=1S/C11H14FNO3/c1-15-10-4-3-9(12)7-8(10)5-6-13-11(14)16-2/h3-4,7H,5-6H2,1-2H3,(H,13,14). The quantitative estimate of drug-likeness (QED) is 0.852. The highest BCUT2D eigenvalue weighted by molar-refractivity contribution is 5.66. The number of hydrogen-bond donors (Lipinski definition) is 1. The number of hydrogen-bond acceptors (Lipinski definition) is 3. The smallest absolute Gasteiger partial charge is 0.406 e. The van der Waals surface area contributed by atoms with Crippen molar-refractivity contribution in [3.05, 3.63) is 29.6 Å². The number of ether oxygens (including phenoxy) is 2. The number of halogens is 1. The lowest BCUT2D eigenvalue weighted by Crippen LogP contribution is -2.25. The Morgan fingerprint density at radius 3 is 2.81 bits per heavy atom. The van der Waals surface area contributed by atoms with Crippen molar-refractivity contribution in [2.75, 3.05) is 20.8 Å². The molecule has 0 fully saturated rings. The van der Waals surface area contributed by atoms with Gasteiger partial charge in [0.05, 0.1) is 14.2 Å². The highest BCUT2D eigenvalue weighted by atomic mass is 19.1. The van der Waals surface area contributed by atoms with Gasteiger partial charge in [0.15, 0.2) is 0 Å². The molecule has 1 rings (SSSR count). The lowest BCUT2D eigenvalue weighted by molar-refractivity contribution is 0.171. The molecule has 1 amide bonds. The summed E-state index contributed by atoms with van der Waals surface area (Å²) in [5.74, 6) is 0.280. The van der Waals surface area contributed by atoms with Crippen LogP contribution < -0.4 is 10.1 Å². The van der Waals surface area contributed by atoms with E-state index in [2.05, 4.69) is 10.1 Å². The van der Waals surface area contributed by atoms with Crippen molar-refractivity contribution in [1.82, 2.24) is 5.32 Å². The summed E-state index contributed by atoms with van der Waals surface area (Å²) in [6.45, 7) is 0.368. The number of carbonyl (C=O) groups is 1. The van der Waals surface area contributed by atoms with Crippen LogP contribution in [0.3, 0.4) is 0 Å². The fraction of sp³-hybridized carbons (Fsp3) is 0.364. The summed E-state index contributed by atoms with van der Waals surface area (Å²) in [5, 5.41) is 2.51. The predicted octanol–water partition coefficient (Wildman–Crippen LogP) is 1.73. The van der Waals surface area contributed by atoms with E-state index >= 15 is 0 Å². The van der Waals surface area contributed by atoms with Gasteiger partial charge in [-0.05, 0) is 30.2 Å². The minimum absolute atomic E-state index is 0.325. The first kappa shape index (κ1) is 12.3. The van der Waals surface area contributed by atoms with E-state index in [4.69, 9.17) is 4.74 Å². The topological polar surface area (TPSA) is 47.6 Å². The molecule has 0 spiro atoms. The Balaban J connectivity index is 2.58. The van der Waals surface area contributed by atoms with Crippen LogP contribution in [0.5, 0.6) is 5.75 Å². The summed E-state index contributed by atoms with van der Waals surface area (Å²) >= 11 is 0. The molecule has 1 aromatic carbocycles. The average Bonchev–Trinajstić information content (AvgIpc) is 2.29. The molecule has 0 heterocycles. The molecule has 0 unspecified atom stereocenters. The molecule has 0 aromatic heterocycles. The largest absolute Gasteiger partial charge is 0.496 e. The maximum absolute atomic E-state index is 13.0. The van der Waals surface area contributed by atoms with Crippen molar-refractivity contribution >= 4 is 6.09 Å². The van der Waals surface area contributed by atoms with Crippen molar-refractivity contribution in [3.63, 3.8) is 0 Å². The van der Waals surface area contributed by atoms with Crippen LogP contribution in [0.25, 0.3) is 0 Å². The van der Waals surface area contributed by atoms with Crippen LogP contribution in [0.4, 0.5) is 9.18 Å². The number of methoxy groups -OCH3 is 2. The lowest BCUT2D eigenvalue weighted by Gasteiger charge is -2.08. The molecule has 0 saturated carbocycles. The van der Waals surface area contributed by atoms with E-state index in [-0.39, 0.29) is 5.82 Å². The van der Waals surface area contributed by atoms with Crippen LogP contribution in [-0.4, -0.2) is 26.9 Å². The van der Waals surface area contributed by atoms with Crippen LogP contribution in [0.1, 0.15) is 5.56 Å². The molecule has 1 aromatic rings. The minimum Gasteiger partial charge on any atom is -0.496 e. The van der Waals surface area contributed by atoms with E-state index in [0.29, 0.717) is 24.3 Å². The van der Waals surface area contributed by atoms with E-state index in [1.54, 1.807) is 6.07 Å². The Hall–Kier alpha value is -1.78. The molecule has 1 N–H and O–H groups in total. The van der Waals surface area contributed by atoms with Crippen LogP contribution >= 0.6 is 0 Å². The maximum atomic E-state index is 13.0. The van der Waals surface area contributed by atoms with Gasteiger partial charge in [0.1, 0.15) is 11.6 Å². The molecule has 0 aliphatic carbocycles. The summed E-state index contributed by atoms with van der Waals surface area (Å²) in [6.07, 6.45) is -0.0221. The lowest BCUT2D eigenvalue weighted by atomic mass is 10.1. The summed E-state index contributed by atoms with van der Waals surface area (Å²) in [7, 11) is 2.81. The zero-order chi connectivity index (χ0) is 12.0. The molecule has 0 saturated heterocycles. The van der Waals surface area contributed by atoms with Crippen LogP contribution in [0.2, 0.25) is 0 Å². The number of benzene rings is 1. The third-order valence-electron chi connectivity index (χ3n) is 2.09. The third-order valence-corrected chi connectivity index (χ3v) is 2.09. The zero-order valence-electron chi connectivity index (χ0n) is 9.25. The fourth-order valence-electron chi connectivity index (χ4n) is 1.31. The zero-order valence-corrected chi connectivity index (χ0v) is 9.25. The summed E-state index contributed by atoms with van der Waals surface area (Å²) in [4.78, 5) is 10.8. The van der Waals surface area contributed by atoms with Crippen LogP contribution in [-0.2, 0) is 11.2 Å². The molecular formula is C11H14FNO3.